The number of amides is 3. The van der Waals surface area contributed by atoms with Crippen LogP contribution >= 0.6 is 0 Å². The third kappa shape index (κ3) is 5.37. The summed E-state index contributed by atoms with van der Waals surface area (Å²) in [5.41, 5.74) is 2.17. The molecule has 25 heavy (non-hydrogen) atoms. The summed E-state index contributed by atoms with van der Waals surface area (Å²) in [6.45, 7) is 9.50. The van der Waals surface area contributed by atoms with Crippen molar-refractivity contribution < 1.29 is 14.3 Å². The standard InChI is InChI=1S/C19H29N3O3/c1-5-17(23)22-10-9-16(11-22)21-19(24)20-15(4)12-25-18-13(2)7-6-8-14(18)3/h6-8,15-16H,5,9-12H2,1-4H3,(H2,20,21,24)/t15-,16+/m1/s1. The van der Waals surface area contributed by atoms with Gasteiger partial charge in [-0.2, -0.15) is 0 Å². The zero-order valence-electron chi connectivity index (χ0n) is 15.6. The van der Waals surface area contributed by atoms with Crippen molar-refractivity contribution in [1.82, 2.24) is 15.5 Å². The molecule has 1 aromatic rings. The molecule has 1 heterocycles. The Hall–Kier alpha value is -2.24. The Bertz CT molecular complexity index is 598. The second kappa shape index (κ2) is 8.74. The van der Waals surface area contributed by atoms with E-state index in [1.807, 2.05) is 45.9 Å². The van der Waals surface area contributed by atoms with Crippen molar-refractivity contribution in [3.05, 3.63) is 29.3 Å². The molecule has 0 aliphatic carbocycles. The third-order valence-corrected chi connectivity index (χ3v) is 4.44. The first-order chi connectivity index (χ1) is 11.9. The van der Waals surface area contributed by atoms with Crippen molar-refractivity contribution in [3.8, 4) is 5.75 Å². The Labute approximate surface area is 149 Å². The van der Waals surface area contributed by atoms with Crippen molar-refractivity contribution >= 4 is 11.9 Å². The fourth-order valence-electron chi connectivity index (χ4n) is 3.06. The van der Waals surface area contributed by atoms with Gasteiger partial charge in [0.25, 0.3) is 0 Å². The summed E-state index contributed by atoms with van der Waals surface area (Å²) in [4.78, 5) is 25.6. The zero-order chi connectivity index (χ0) is 18.4. The van der Waals surface area contributed by atoms with E-state index in [1.54, 1.807) is 4.90 Å². The van der Waals surface area contributed by atoms with E-state index in [1.165, 1.54) is 0 Å². The molecular weight excluding hydrogens is 318 g/mol. The molecule has 0 spiro atoms. The highest BCUT2D eigenvalue weighted by atomic mass is 16.5. The predicted molar refractivity (Wildman–Crippen MR) is 97.8 cm³/mol. The molecule has 2 rings (SSSR count). The van der Waals surface area contributed by atoms with E-state index in [0.29, 0.717) is 26.1 Å². The van der Waals surface area contributed by atoms with Crippen LogP contribution in [0.25, 0.3) is 0 Å². The Morgan fingerprint density at radius 2 is 2.00 bits per heavy atom. The van der Waals surface area contributed by atoms with E-state index < -0.39 is 0 Å². The van der Waals surface area contributed by atoms with E-state index >= 15 is 0 Å². The Kier molecular flexibility index (Phi) is 6.67. The second-order valence-electron chi connectivity index (χ2n) is 6.73. The minimum atomic E-state index is -0.214. The van der Waals surface area contributed by atoms with Gasteiger partial charge in [0.2, 0.25) is 5.91 Å². The molecule has 0 radical (unpaired) electrons. The topological polar surface area (TPSA) is 70.7 Å². The molecule has 138 valence electrons. The predicted octanol–water partition coefficient (Wildman–Crippen LogP) is 2.38. The molecule has 0 bridgehead atoms. The van der Waals surface area contributed by atoms with Crippen molar-refractivity contribution in [2.45, 2.75) is 52.6 Å². The maximum Gasteiger partial charge on any atom is 0.315 e. The SMILES string of the molecule is CCC(=O)N1CC[C@H](NC(=O)N[C@H](C)COc2c(C)cccc2C)C1. The molecule has 2 N–H and O–H groups in total. The average molecular weight is 347 g/mol. The van der Waals surface area contributed by atoms with Crippen LogP contribution in [0.1, 0.15) is 37.8 Å². The highest BCUT2D eigenvalue weighted by Gasteiger charge is 2.26. The summed E-state index contributed by atoms with van der Waals surface area (Å²) < 4.78 is 5.87. The smallest absolute Gasteiger partial charge is 0.315 e. The van der Waals surface area contributed by atoms with Crippen LogP contribution in [0, 0.1) is 13.8 Å². The maximum atomic E-state index is 12.1. The number of rotatable bonds is 6. The molecular formula is C19H29N3O3. The van der Waals surface area contributed by atoms with Crippen LogP contribution in [0.15, 0.2) is 18.2 Å². The largest absolute Gasteiger partial charge is 0.491 e. The number of carbonyl (C=O) groups is 2. The summed E-state index contributed by atoms with van der Waals surface area (Å²) >= 11 is 0. The number of aryl methyl sites for hydroxylation is 2. The molecule has 0 aromatic heterocycles. The molecule has 0 unspecified atom stereocenters. The van der Waals surface area contributed by atoms with E-state index in [4.69, 9.17) is 4.74 Å². The summed E-state index contributed by atoms with van der Waals surface area (Å²) in [5, 5.41) is 5.84. The number of ether oxygens (including phenoxy) is 1. The lowest BCUT2D eigenvalue weighted by Crippen LogP contribution is -2.48. The van der Waals surface area contributed by atoms with Crippen LogP contribution in [-0.2, 0) is 4.79 Å². The van der Waals surface area contributed by atoms with Gasteiger partial charge in [0.1, 0.15) is 12.4 Å². The van der Waals surface area contributed by atoms with E-state index in [-0.39, 0.29) is 24.0 Å². The number of hydrogen-bond donors (Lipinski definition) is 2. The molecule has 2 atom stereocenters. The molecule has 0 saturated carbocycles. The number of hydrogen-bond acceptors (Lipinski definition) is 3. The lowest BCUT2D eigenvalue weighted by Gasteiger charge is -2.20. The van der Waals surface area contributed by atoms with E-state index in [0.717, 1.165) is 23.3 Å². The third-order valence-electron chi connectivity index (χ3n) is 4.44. The van der Waals surface area contributed by atoms with Gasteiger partial charge < -0.3 is 20.3 Å². The van der Waals surface area contributed by atoms with Gasteiger partial charge in [-0.1, -0.05) is 25.1 Å². The highest BCUT2D eigenvalue weighted by molar-refractivity contribution is 5.77. The van der Waals surface area contributed by atoms with Crippen LogP contribution in [-0.4, -0.2) is 48.6 Å². The Morgan fingerprint density at radius 3 is 2.64 bits per heavy atom. The average Bonchev–Trinajstić information content (AvgIpc) is 3.01. The van der Waals surface area contributed by atoms with Gasteiger partial charge in [-0.3, -0.25) is 4.79 Å². The fraction of sp³-hybridized carbons (Fsp3) is 0.579. The van der Waals surface area contributed by atoms with Gasteiger partial charge in [-0.05, 0) is 38.3 Å². The van der Waals surface area contributed by atoms with Crippen molar-refractivity contribution in [3.63, 3.8) is 0 Å². The quantitative estimate of drug-likeness (QED) is 0.830. The molecule has 6 nitrogen and oxygen atoms in total. The van der Waals surface area contributed by atoms with Crippen LogP contribution < -0.4 is 15.4 Å². The fourth-order valence-corrected chi connectivity index (χ4v) is 3.06. The summed E-state index contributed by atoms with van der Waals surface area (Å²) in [7, 11) is 0. The number of para-hydroxylation sites is 1. The number of nitrogens with one attached hydrogen (secondary N) is 2. The second-order valence-corrected chi connectivity index (χ2v) is 6.73. The lowest BCUT2D eigenvalue weighted by molar-refractivity contribution is -0.129. The number of nitrogens with zero attached hydrogens (tertiary/aromatic N) is 1. The summed E-state index contributed by atoms with van der Waals surface area (Å²) in [6.07, 6.45) is 1.30. The van der Waals surface area contributed by atoms with Crippen molar-refractivity contribution in [1.29, 1.82) is 0 Å². The lowest BCUT2D eigenvalue weighted by atomic mass is 10.1. The van der Waals surface area contributed by atoms with Gasteiger partial charge >= 0.3 is 6.03 Å². The van der Waals surface area contributed by atoms with E-state index in [2.05, 4.69) is 10.6 Å². The minimum Gasteiger partial charge on any atom is -0.491 e. The maximum absolute atomic E-state index is 12.1. The molecule has 1 aliphatic rings. The van der Waals surface area contributed by atoms with Crippen LogP contribution in [0.2, 0.25) is 0 Å². The van der Waals surface area contributed by atoms with Gasteiger partial charge in [-0.15, -0.1) is 0 Å². The van der Waals surface area contributed by atoms with Crippen LogP contribution in [0.5, 0.6) is 5.75 Å². The number of benzene rings is 1. The molecule has 1 aliphatic heterocycles. The number of likely N-dealkylation sites (tertiary alicyclic amines) is 1. The van der Waals surface area contributed by atoms with Gasteiger partial charge in [0.05, 0.1) is 6.04 Å². The molecule has 3 amide bonds. The highest BCUT2D eigenvalue weighted by Crippen LogP contribution is 2.22. The van der Waals surface area contributed by atoms with Gasteiger partial charge in [0.15, 0.2) is 0 Å². The number of carbonyl (C=O) groups excluding carboxylic acids is 2. The van der Waals surface area contributed by atoms with E-state index in [9.17, 15) is 9.59 Å². The Balaban J connectivity index is 1.74. The first kappa shape index (κ1) is 19.1. The minimum absolute atomic E-state index is 0.0160. The van der Waals surface area contributed by atoms with Crippen molar-refractivity contribution in [2.24, 2.45) is 0 Å². The Morgan fingerprint density at radius 1 is 1.32 bits per heavy atom. The normalized spacial score (nSPS) is 17.9. The molecule has 1 aromatic carbocycles. The van der Waals surface area contributed by atoms with Crippen LogP contribution in [0.4, 0.5) is 4.79 Å². The van der Waals surface area contributed by atoms with Gasteiger partial charge in [0, 0.05) is 25.6 Å². The summed E-state index contributed by atoms with van der Waals surface area (Å²) in [5.74, 6) is 1.01. The monoisotopic (exact) mass is 347 g/mol. The molecule has 1 fully saturated rings. The van der Waals surface area contributed by atoms with Crippen LogP contribution in [0.3, 0.4) is 0 Å². The molecule has 1 saturated heterocycles. The summed E-state index contributed by atoms with van der Waals surface area (Å²) in [6, 6.07) is 5.71. The zero-order valence-corrected chi connectivity index (χ0v) is 15.6. The number of urea groups is 1. The molecule has 6 heteroatoms. The van der Waals surface area contributed by atoms with Crippen molar-refractivity contribution in [2.75, 3.05) is 19.7 Å². The van der Waals surface area contributed by atoms with Gasteiger partial charge in [-0.25, -0.2) is 4.79 Å². The first-order valence-corrected chi connectivity index (χ1v) is 8.94. The first-order valence-electron chi connectivity index (χ1n) is 8.94.